The van der Waals surface area contributed by atoms with Crippen LogP contribution in [-0.4, -0.2) is 43.7 Å². The summed E-state index contributed by atoms with van der Waals surface area (Å²) in [6.45, 7) is 4.31. The first-order chi connectivity index (χ1) is 15.3. The summed E-state index contributed by atoms with van der Waals surface area (Å²) < 4.78 is 33.6. The minimum Gasteiger partial charge on any atom is -0.479 e. The lowest BCUT2D eigenvalue weighted by atomic mass is 9.97. The van der Waals surface area contributed by atoms with Crippen molar-refractivity contribution in [2.45, 2.75) is 44.2 Å². The molecule has 2 aromatic carbocycles. The Balaban J connectivity index is 1.41. The van der Waals surface area contributed by atoms with Crippen molar-refractivity contribution in [2.75, 3.05) is 18.4 Å². The topological polar surface area (TPSA) is 105 Å². The standard InChI is InChI=1S/C23H27N3O5S/c1-15-12-19-20(31-16(2)22(27)25-19)13-21(15)32(29,30)26-10-8-18(9-11-26)23(28)24-14-17-6-4-3-5-7-17/h3-7,12-13,16,18H,8-11,14H2,1-2H3,(H,24,28)(H,25,27). The molecule has 2 amide bonds. The molecule has 2 heterocycles. The second kappa shape index (κ2) is 8.91. The molecule has 32 heavy (non-hydrogen) atoms. The lowest BCUT2D eigenvalue weighted by Gasteiger charge is -2.31. The average molecular weight is 458 g/mol. The molecule has 2 aliphatic heterocycles. The predicted molar refractivity (Wildman–Crippen MR) is 120 cm³/mol. The largest absolute Gasteiger partial charge is 0.479 e. The maximum atomic E-state index is 13.3. The molecule has 0 spiro atoms. The smallest absolute Gasteiger partial charge is 0.265 e. The van der Waals surface area contributed by atoms with E-state index in [4.69, 9.17) is 4.74 Å². The molecular weight excluding hydrogens is 430 g/mol. The summed E-state index contributed by atoms with van der Waals surface area (Å²) in [4.78, 5) is 24.5. The Labute approximate surface area is 188 Å². The number of nitrogens with one attached hydrogen (secondary N) is 2. The molecule has 2 N–H and O–H groups in total. The van der Waals surface area contributed by atoms with Gasteiger partial charge < -0.3 is 15.4 Å². The number of piperidine rings is 1. The van der Waals surface area contributed by atoms with Gasteiger partial charge in [0, 0.05) is 31.6 Å². The Morgan fingerprint density at radius 1 is 1.19 bits per heavy atom. The highest BCUT2D eigenvalue weighted by molar-refractivity contribution is 7.89. The summed E-state index contributed by atoms with van der Waals surface area (Å²) >= 11 is 0. The second-order valence-corrected chi connectivity index (χ2v) is 10.2. The summed E-state index contributed by atoms with van der Waals surface area (Å²) in [5.74, 6) is -0.181. The van der Waals surface area contributed by atoms with Crippen LogP contribution >= 0.6 is 0 Å². The van der Waals surface area contributed by atoms with E-state index < -0.39 is 16.1 Å². The van der Waals surface area contributed by atoms with Crippen LogP contribution in [0.5, 0.6) is 5.75 Å². The third-order valence-corrected chi connectivity index (χ3v) is 8.00. The van der Waals surface area contributed by atoms with Gasteiger partial charge in [-0.1, -0.05) is 30.3 Å². The number of anilines is 1. The molecule has 1 unspecified atom stereocenters. The normalized spacial score (nSPS) is 19.6. The zero-order chi connectivity index (χ0) is 22.9. The Bertz CT molecular complexity index is 1130. The Hall–Kier alpha value is -2.91. The van der Waals surface area contributed by atoms with Gasteiger partial charge in [-0.25, -0.2) is 8.42 Å². The molecule has 2 aromatic rings. The number of aryl methyl sites for hydroxylation is 1. The number of carbonyl (C=O) groups is 2. The van der Waals surface area contributed by atoms with Crippen molar-refractivity contribution in [3.63, 3.8) is 0 Å². The number of nitrogens with zero attached hydrogens (tertiary/aromatic N) is 1. The van der Waals surface area contributed by atoms with Crippen molar-refractivity contribution < 1.29 is 22.7 Å². The third kappa shape index (κ3) is 4.49. The Kier molecular flexibility index (Phi) is 6.21. The molecule has 9 heteroatoms. The van der Waals surface area contributed by atoms with Crippen LogP contribution in [-0.2, 0) is 26.2 Å². The summed E-state index contributed by atoms with van der Waals surface area (Å²) in [5.41, 5.74) is 2.03. The van der Waals surface area contributed by atoms with Gasteiger partial charge in [0.25, 0.3) is 5.91 Å². The van der Waals surface area contributed by atoms with E-state index in [0.29, 0.717) is 36.4 Å². The van der Waals surface area contributed by atoms with Crippen molar-refractivity contribution in [3.8, 4) is 5.75 Å². The van der Waals surface area contributed by atoms with Crippen LogP contribution in [0.4, 0.5) is 5.69 Å². The number of fused-ring (bicyclic) bond motifs is 1. The fraction of sp³-hybridized carbons (Fsp3) is 0.391. The van der Waals surface area contributed by atoms with Gasteiger partial charge in [0.05, 0.1) is 10.6 Å². The summed E-state index contributed by atoms with van der Waals surface area (Å²) in [6, 6.07) is 12.8. The highest BCUT2D eigenvalue weighted by Crippen LogP contribution is 2.36. The van der Waals surface area contributed by atoms with Crippen LogP contribution < -0.4 is 15.4 Å². The van der Waals surface area contributed by atoms with E-state index in [-0.39, 0.29) is 35.7 Å². The molecule has 1 saturated heterocycles. The first-order valence-electron chi connectivity index (χ1n) is 10.7. The highest BCUT2D eigenvalue weighted by Gasteiger charge is 2.34. The van der Waals surface area contributed by atoms with Crippen molar-refractivity contribution in [1.29, 1.82) is 0 Å². The molecule has 4 rings (SSSR count). The molecule has 0 saturated carbocycles. The van der Waals surface area contributed by atoms with Gasteiger partial charge in [0.2, 0.25) is 15.9 Å². The maximum absolute atomic E-state index is 13.3. The number of hydrogen-bond acceptors (Lipinski definition) is 5. The fourth-order valence-corrected chi connectivity index (χ4v) is 5.74. The Morgan fingerprint density at radius 3 is 2.56 bits per heavy atom. The monoisotopic (exact) mass is 457 g/mol. The number of benzene rings is 2. The minimum atomic E-state index is -3.75. The molecule has 0 aliphatic carbocycles. The molecule has 1 atom stereocenters. The molecule has 0 aromatic heterocycles. The van der Waals surface area contributed by atoms with Gasteiger partial charge >= 0.3 is 0 Å². The molecule has 1 fully saturated rings. The number of rotatable bonds is 5. The SMILES string of the molecule is Cc1cc2c(cc1S(=O)(=O)N1CCC(C(=O)NCc3ccccc3)CC1)OC(C)C(=O)N2. The van der Waals surface area contributed by atoms with Gasteiger partial charge in [-0.15, -0.1) is 0 Å². The first kappa shape index (κ1) is 22.3. The fourth-order valence-electron chi connectivity index (χ4n) is 4.05. The van der Waals surface area contributed by atoms with E-state index in [9.17, 15) is 18.0 Å². The number of ether oxygens (including phenoxy) is 1. The van der Waals surface area contributed by atoms with Crippen molar-refractivity contribution >= 4 is 27.5 Å². The highest BCUT2D eigenvalue weighted by atomic mass is 32.2. The maximum Gasteiger partial charge on any atom is 0.265 e. The van der Waals surface area contributed by atoms with E-state index >= 15 is 0 Å². The average Bonchev–Trinajstić information content (AvgIpc) is 2.79. The molecule has 2 aliphatic rings. The lowest BCUT2D eigenvalue weighted by molar-refractivity contribution is -0.126. The lowest BCUT2D eigenvalue weighted by Crippen LogP contribution is -2.43. The summed E-state index contributed by atoms with van der Waals surface area (Å²) in [7, 11) is -3.75. The van der Waals surface area contributed by atoms with E-state index in [1.807, 2.05) is 30.3 Å². The van der Waals surface area contributed by atoms with E-state index in [1.54, 1.807) is 19.9 Å². The first-order valence-corrected chi connectivity index (χ1v) is 12.1. The van der Waals surface area contributed by atoms with E-state index in [0.717, 1.165) is 5.56 Å². The summed E-state index contributed by atoms with van der Waals surface area (Å²) in [5, 5.41) is 5.68. The van der Waals surface area contributed by atoms with Crippen LogP contribution in [0.25, 0.3) is 0 Å². The van der Waals surface area contributed by atoms with Gasteiger partial charge in [-0.3, -0.25) is 9.59 Å². The molecule has 170 valence electrons. The zero-order valence-corrected chi connectivity index (χ0v) is 18.9. The van der Waals surface area contributed by atoms with Gasteiger partial charge in [0.1, 0.15) is 5.75 Å². The van der Waals surface area contributed by atoms with Crippen LogP contribution in [0.1, 0.15) is 30.9 Å². The third-order valence-electron chi connectivity index (χ3n) is 5.96. The van der Waals surface area contributed by atoms with Crippen LogP contribution in [0.3, 0.4) is 0 Å². The van der Waals surface area contributed by atoms with Crippen LogP contribution in [0.15, 0.2) is 47.4 Å². The van der Waals surface area contributed by atoms with Gasteiger partial charge in [-0.2, -0.15) is 4.31 Å². The molecule has 0 radical (unpaired) electrons. The quantitative estimate of drug-likeness (QED) is 0.718. The number of sulfonamides is 1. The van der Waals surface area contributed by atoms with Gasteiger partial charge in [-0.05, 0) is 43.9 Å². The van der Waals surface area contributed by atoms with Crippen LogP contribution in [0.2, 0.25) is 0 Å². The van der Waals surface area contributed by atoms with Crippen LogP contribution in [0, 0.1) is 12.8 Å². The Morgan fingerprint density at radius 2 is 1.88 bits per heavy atom. The number of carbonyl (C=O) groups excluding carboxylic acids is 2. The number of amides is 2. The van der Waals surface area contributed by atoms with Crippen molar-refractivity contribution in [1.82, 2.24) is 9.62 Å². The van der Waals surface area contributed by atoms with E-state index in [1.165, 1.54) is 10.4 Å². The van der Waals surface area contributed by atoms with Crippen molar-refractivity contribution in [2.24, 2.45) is 5.92 Å². The minimum absolute atomic E-state index is 0.0472. The molecule has 0 bridgehead atoms. The number of hydrogen-bond donors (Lipinski definition) is 2. The van der Waals surface area contributed by atoms with Gasteiger partial charge in [0.15, 0.2) is 6.10 Å². The molecular formula is C23H27N3O5S. The van der Waals surface area contributed by atoms with E-state index in [2.05, 4.69) is 10.6 Å². The summed E-state index contributed by atoms with van der Waals surface area (Å²) in [6.07, 6.45) is 0.242. The zero-order valence-electron chi connectivity index (χ0n) is 18.1. The van der Waals surface area contributed by atoms with Crippen molar-refractivity contribution in [3.05, 3.63) is 53.6 Å². The molecule has 8 nitrogen and oxygen atoms in total. The second-order valence-electron chi connectivity index (χ2n) is 8.24. The predicted octanol–water partition coefficient (Wildman–Crippen LogP) is 2.43.